The number of ether oxygens (including phenoxy) is 2. The molecule has 2 heterocycles. The van der Waals surface area contributed by atoms with E-state index in [9.17, 15) is 0 Å². The van der Waals surface area contributed by atoms with E-state index in [-0.39, 0.29) is 0 Å². The van der Waals surface area contributed by atoms with Gasteiger partial charge in [-0.05, 0) is 55.8 Å². The minimum absolute atomic E-state index is 0.326. The number of aliphatic imine (C=N–C) groups is 1. The second kappa shape index (κ2) is 13.8. The zero-order chi connectivity index (χ0) is 22.6. The van der Waals surface area contributed by atoms with Gasteiger partial charge in [0.2, 0.25) is 0 Å². The number of likely N-dealkylation sites (tertiary alicyclic amines) is 1. The molecule has 2 saturated heterocycles. The third kappa shape index (κ3) is 8.38. The largest absolute Gasteiger partial charge is 0.381 e. The first-order valence-corrected chi connectivity index (χ1v) is 12.6. The van der Waals surface area contributed by atoms with Crippen LogP contribution in [0.15, 0.2) is 29.3 Å². The third-order valence-corrected chi connectivity index (χ3v) is 6.69. The van der Waals surface area contributed by atoms with Crippen molar-refractivity contribution < 1.29 is 9.47 Å². The summed E-state index contributed by atoms with van der Waals surface area (Å²) in [5.74, 6) is 1.49. The number of hydrogen-bond donors (Lipinski definition) is 2. The number of rotatable bonds is 9. The van der Waals surface area contributed by atoms with Gasteiger partial charge in [-0.3, -0.25) is 9.89 Å². The van der Waals surface area contributed by atoms with Crippen LogP contribution in [-0.4, -0.2) is 62.9 Å². The van der Waals surface area contributed by atoms with Gasteiger partial charge in [0.05, 0.1) is 12.7 Å². The van der Waals surface area contributed by atoms with E-state index in [1.165, 1.54) is 49.9 Å². The zero-order valence-corrected chi connectivity index (χ0v) is 20.4. The molecule has 6 heteroatoms. The smallest absolute Gasteiger partial charge is 0.191 e. The summed E-state index contributed by atoms with van der Waals surface area (Å²) in [6.45, 7) is 11.1. The van der Waals surface area contributed by atoms with E-state index in [1.54, 1.807) is 0 Å². The Labute approximate surface area is 195 Å². The quantitative estimate of drug-likeness (QED) is 0.446. The van der Waals surface area contributed by atoms with Crippen LogP contribution < -0.4 is 10.6 Å². The highest BCUT2D eigenvalue weighted by molar-refractivity contribution is 5.79. The van der Waals surface area contributed by atoms with Crippen LogP contribution in [0.25, 0.3) is 0 Å². The minimum atomic E-state index is 0.326. The molecular weight excluding hydrogens is 400 g/mol. The van der Waals surface area contributed by atoms with Gasteiger partial charge in [-0.1, -0.05) is 51.0 Å². The topological polar surface area (TPSA) is 58.1 Å². The average Bonchev–Trinajstić information content (AvgIpc) is 3.10. The van der Waals surface area contributed by atoms with Crippen LogP contribution >= 0.6 is 0 Å². The maximum Gasteiger partial charge on any atom is 0.191 e. The molecule has 0 spiro atoms. The predicted molar refractivity (Wildman–Crippen MR) is 132 cm³/mol. The minimum Gasteiger partial charge on any atom is -0.381 e. The molecule has 1 unspecified atom stereocenters. The summed E-state index contributed by atoms with van der Waals surface area (Å²) in [5, 5.41) is 7.07. The highest BCUT2D eigenvalue weighted by Gasteiger charge is 2.23. The molecule has 2 aliphatic rings. The molecule has 32 heavy (non-hydrogen) atoms. The van der Waals surface area contributed by atoms with Gasteiger partial charge >= 0.3 is 0 Å². The summed E-state index contributed by atoms with van der Waals surface area (Å²) < 4.78 is 11.5. The van der Waals surface area contributed by atoms with E-state index in [1.807, 2.05) is 7.05 Å². The van der Waals surface area contributed by atoms with Crippen molar-refractivity contribution in [1.82, 2.24) is 15.5 Å². The number of hydrogen-bond acceptors (Lipinski definition) is 4. The zero-order valence-electron chi connectivity index (χ0n) is 20.4. The Hall–Kier alpha value is -1.63. The standard InChI is InChI=1S/C26H44N4O2/c1-21(2)25(30-13-6-4-5-7-14-30)19-29-26(27-3)28-18-22-9-8-10-23(17-22)20-32-24-11-15-31-16-12-24/h8-10,17,21,24-25H,4-7,11-16,18-20H2,1-3H3,(H2,27,28,29). The molecular formula is C26H44N4O2. The van der Waals surface area contributed by atoms with Crippen molar-refractivity contribution in [2.24, 2.45) is 10.9 Å². The molecule has 1 aromatic rings. The van der Waals surface area contributed by atoms with E-state index in [0.29, 0.717) is 24.7 Å². The fourth-order valence-corrected chi connectivity index (χ4v) is 4.71. The van der Waals surface area contributed by atoms with Crippen molar-refractivity contribution in [3.8, 4) is 0 Å². The summed E-state index contributed by atoms with van der Waals surface area (Å²) in [4.78, 5) is 7.14. The highest BCUT2D eigenvalue weighted by atomic mass is 16.5. The maximum atomic E-state index is 6.08. The Morgan fingerprint density at radius 3 is 2.50 bits per heavy atom. The molecule has 1 aromatic carbocycles. The van der Waals surface area contributed by atoms with E-state index in [2.05, 4.69) is 58.6 Å². The molecule has 2 aliphatic heterocycles. The van der Waals surface area contributed by atoms with Gasteiger partial charge in [0, 0.05) is 39.4 Å². The molecule has 0 bridgehead atoms. The molecule has 2 fully saturated rings. The van der Waals surface area contributed by atoms with Crippen LogP contribution in [0.1, 0.15) is 63.5 Å². The molecule has 0 aromatic heterocycles. The number of guanidine groups is 1. The Morgan fingerprint density at radius 2 is 1.81 bits per heavy atom. The molecule has 6 nitrogen and oxygen atoms in total. The van der Waals surface area contributed by atoms with Gasteiger partial charge in [-0.15, -0.1) is 0 Å². The molecule has 1 atom stereocenters. The molecule has 0 aliphatic carbocycles. The average molecular weight is 445 g/mol. The summed E-state index contributed by atoms with van der Waals surface area (Å²) >= 11 is 0. The van der Waals surface area contributed by atoms with Crippen molar-refractivity contribution in [1.29, 1.82) is 0 Å². The summed E-state index contributed by atoms with van der Waals surface area (Å²) in [6.07, 6.45) is 7.71. The Kier molecular flexibility index (Phi) is 10.8. The van der Waals surface area contributed by atoms with Gasteiger partial charge in [-0.2, -0.15) is 0 Å². The number of nitrogens with one attached hydrogen (secondary N) is 2. The lowest BCUT2D eigenvalue weighted by atomic mass is 10.0. The molecule has 2 N–H and O–H groups in total. The Bertz CT molecular complexity index is 680. The maximum absolute atomic E-state index is 6.08. The molecule has 0 amide bonds. The van der Waals surface area contributed by atoms with Crippen molar-refractivity contribution in [2.75, 3.05) is 39.9 Å². The van der Waals surface area contributed by atoms with Crippen LogP contribution in [-0.2, 0) is 22.6 Å². The summed E-state index contributed by atoms with van der Waals surface area (Å²) in [6, 6.07) is 9.19. The Balaban J connectivity index is 1.45. The second-order valence-corrected chi connectivity index (χ2v) is 9.51. The molecule has 0 radical (unpaired) electrons. The normalized spacial score (nSPS) is 20.2. The van der Waals surface area contributed by atoms with Crippen LogP contribution in [0.2, 0.25) is 0 Å². The van der Waals surface area contributed by atoms with Crippen LogP contribution in [0.3, 0.4) is 0 Å². The third-order valence-electron chi connectivity index (χ3n) is 6.69. The van der Waals surface area contributed by atoms with Gasteiger partial charge in [-0.25, -0.2) is 0 Å². The number of nitrogens with zero attached hydrogens (tertiary/aromatic N) is 2. The van der Waals surface area contributed by atoms with Crippen molar-refractivity contribution >= 4 is 5.96 Å². The first-order valence-electron chi connectivity index (χ1n) is 12.6. The van der Waals surface area contributed by atoms with Crippen LogP contribution in [0.5, 0.6) is 0 Å². The Morgan fingerprint density at radius 1 is 1.09 bits per heavy atom. The molecule has 180 valence electrons. The molecule has 0 saturated carbocycles. The van der Waals surface area contributed by atoms with Gasteiger partial charge in [0.15, 0.2) is 5.96 Å². The lowest BCUT2D eigenvalue weighted by molar-refractivity contribution is -0.0390. The van der Waals surface area contributed by atoms with E-state index >= 15 is 0 Å². The van der Waals surface area contributed by atoms with Crippen molar-refractivity contribution in [2.45, 2.75) is 77.7 Å². The lowest BCUT2D eigenvalue weighted by Crippen LogP contribution is -2.49. The van der Waals surface area contributed by atoms with E-state index in [4.69, 9.17) is 9.47 Å². The SMILES string of the molecule is CN=C(NCc1cccc(COC2CCOCC2)c1)NCC(C(C)C)N1CCCCCC1. The molecule has 3 rings (SSSR count). The highest BCUT2D eigenvalue weighted by Crippen LogP contribution is 2.17. The predicted octanol–water partition coefficient (Wildman–Crippen LogP) is 3.95. The van der Waals surface area contributed by atoms with Gasteiger partial charge in [0.25, 0.3) is 0 Å². The van der Waals surface area contributed by atoms with Crippen LogP contribution in [0.4, 0.5) is 0 Å². The summed E-state index contributed by atoms with van der Waals surface area (Å²) in [5.41, 5.74) is 2.47. The number of benzene rings is 1. The second-order valence-electron chi connectivity index (χ2n) is 9.51. The fourth-order valence-electron chi connectivity index (χ4n) is 4.71. The lowest BCUT2D eigenvalue weighted by Gasteiger charge is -2.34. The van der Waals surface area contributed by atoms with Crippen molar-refractivity contribution in [3.63, 3.8) is 0 Å². The van der Waals surface area contributed by atoms with Gasteiger partial charge < -0.3 is 20.1 Å². The summed E-state index contributed by atoms with van der Waals surface area (Å²) in [7, 11) is 1.85. The van der Waals surface area contributed by atoms with Crippen LogP contribution in [0, 0.1) is 5.92 Å². The monoisotopic (exact) mass is 444 g/mol. The van der Waals surface area contributed by atoms with Gasteiger partial charge in [0.1, 0.15) is 0 Å². The van der Waals surface area contributed by atoms with Crippen molar-refractivity contribution in [3.05, 3.63) is 35.4 Å². The first-order chi connectivity index (χ1) is 15.7. The van der Waals surface area contributed by atoms with E-state index < -0.39 is 0 Å². The first kappa shape index (κ1) is 25.0. The van der Waals surface area contributed by atoms with E-state index in [0.717, 1.165) is 45.1 Å². The fraction of sp³-hybridized carbons (Fsp3) is 0.731.